The molecule has 2 N–H and O–H groups in total. The van der Waals surface area contributed by atoms with Gasteiger partial charge in [0.1, 0.15) is 0 Å². The van der Waals surface area contributed by atoms with E-state index >= 15 is 0 Å². The lowest BCUT2D eigenvalue weighted by Gasteiger charge is -1.99. The third-order valence-corrected chi connectivity index (χ3v) is 2.66. The number of aromatic nitrogens is 3. The van der Waals surface area contributed by atoms with E-state index in [-0.39, 0.29) is 0 Å². The summed E-state index contributed by atoms with van der Waals surface area (Å²) >= 11 is 0. The molecule has 2 rings (SSSR count). The Kier molecular flexibility index (Phi) is 3.05. The monoisotopic (exact) mass is 220 g/mol. The fourth-order valence-corrected chi connectivity index (χ4v) is 1.55. The summed E-state index contributed by atoms with van der Waals surface area (Å²) in [5, 5.41) is 3.97. The quantitative estimate of drug-likeness (QED) is 0.842. The number of nitrogens with zero attached hydrogens (tertiary/aromatic N) is 3. The summed E-state index contributed by atoms with van der Waals surface area (Å²) in [6.45, 7) is 2.68. The highest BCUT2D eigenvalue weighted by Crippen LogP contribution is 2.18. The van der Waals surface area contributed by atoms with Crippen LogP contribution in [0.15, 0.2) is 16.7 Å². The Morgan fingerprint density at radius 1 is 1.44 bits per heavy atom. The molecule has 16 heavy (non-hydrogen) atoms. The van der Waals surface area contributed by atoms with Crippen molar-refractivity contribution in [3.8, 4) is 11.5 Å². The molecule has 0 bridgehead atoms. The van der Waals surface area contributed by atoms with Crippen molar-refractivity contribution in [3.05, 3.63) is 23.7 Å². The van der Waals surface area contributed by atoms with Gasteiger partial charge in [0.05, 0.1) is 5.69 Å². The Morgan fingerprint density at radius 3 is 2.88 bits per heavy atom. The molecule has 0 aromatic carbocycles. The predicted octanol–water partition coefficient (Wildman–Crippen LogP) is 1.27. The second-order valence-electron chi connectivity index (χ2n) is 3.82. The molecule has 0 atom stereocenters. The molecule has 0 unspecified atom stereocenters. The minimum atomic E-state index is 0.640. The standard InChI is InChI=1S/C11H16N4O/c1-8-5-6-9(15(8)2)11-13-10(16-14-11)4-3-7-12/h5-6H,3-4,7,12H2,1-2H3. The van der Waals surface area contributed by atoms with Gasteiger partial charge in [-0.3, -0.25) is 0 Å². The molecule has 0 aliphatic carbocycles. The summed E-state index contributed by atoms with van der Waals surface area (Å²) in [6, 6.07) is 4.03. The fraction of sp³-hybridized carbons (Fsp3) is 0.455. The summed E-state index contributed by atoms with van der Waals surface area (Å²) in [5.74, 6) is 1.29. The van der Waals surface area contributed by atoms with E-state index in [1.807, 2.05) is 30.7 Å². The van der Waals surface area contributed by atoms with Gasteiger partial charge in [0, 0.05) is 19.2 Å². The zero-order valence-corrected chi connectivity index (χ0v) is 9.60. The van der Waals surface area contributed by atoms with Crippen LogP contribution in [0.25, 0.3) is 11.5 Å². The van der Waals surface area contributed by atoms with Crippen molar-refractivity contribution in [2.75, 3.05) is 6.54 Å². The molecule has 0 saturated carbocycles. The topological polar surface area (TPSA) is 69.9 Å². The normalized spacial score (nSPS) is 10.9. The first-order valence-electron chi connectivity index (χ1n) is 5.37. The van der Waals surface area contributed by atoms with Crippen LogP contribution >= 0.6 is 0 Å². The molecule has 2 heterocycles. The third-order valence-electron chi connectivity index (χ3n) is 2.66. The predicted molar refractivity (Wildman–Crippen MR) is 60.8 cm³/mol. The van der Waals surface area contributed by atoms with Crippen molar-refractivity contribution in [1.29, 1.82) is 0 Å². The maximum absolute atomic E-state index is 5.43. The van der Waals surface area contributed by atoms with Gasteiger partial charge in [-0.25, -0.2) is 0 Å². The molecule has 0 radical (unpaired) electrons. The Labute approximate surface area is 94.3 Å². The maximum atomic E-state index is 5.43. The van der Waals surface area contributed by atoms with Crippen molar-refractivity contribution in [2.24, 2.45) is 12.8 Å². The van der Waals surface area contributed by atoms with E-state index in [1.165, 1.54) is 5.69 Å². The summed E-state index contributed by atoms with van der Waals surface area (Å²) in [5.41, 5.74) is 7.57. The molecule has 5 heteroatoms. The average Bonchev–Trinajstić information content (AvgIpc) is 2.85. The van der Waals surface area contributed by atoms with Crippen LogP contribution in [0.5, 0.6) is 0 Å². The van der Waals surface area contributed by atoms with Crippen LogP contribution in [-0.4, -0.2) is 21.3 Å². The Morgan fingerprint density at radius 2 is 2.25 bits per heavy atom. The number of aryl methyl sites for hydroxylation is 2. The molecular weight excluding hydrogens is 204 g/mol. The van der Waals surface area contributed by atoms with Crippen LogP contribution < -0.4 is 5.73 Å². The lowest BCUT2D eigenvalue weighted by Crippen LogP contribution is -2.00. The zero-order chi connectivity index (χ0) is 11.5. The Bertz CT molecular complexity index is 472. The van der Waals surface area contributed by atoms with E-state index in [2.05, 4.69) is 10.1 Å². The molecule has 0 aliphatic rings. The molecule has 5 nitrogen and oxygen atoms in total. The number of hydrogen-bond acceptors (Lipinski definition) is 4. The molecule has 0 spiro atoms. The highest BCUT2D eigenvalue weighted by Gasteiger charge is 2.11. The van der Waals surface area contributed by atoms with Crippen LogP contribution in [0.3, 0.4) is 0 Å². The van der Waals surface area contributed by atoms with Gasteiger partial charge in [0.15, 0.2) is 0 Å². The molecule has 0 amide bonds. The summed E-state index contributed by atoms with van der Waals surface area (Å²) in [4.78, 5) is 4.34. The minimum absolute atomic E-state index is 0.640. The number of nitrogens with two attached hydrogens (primary N) is 1. The number of hydrogen-bond donors (Lipinski definition) is 1. The summed E-state index contributed by atoms with van der Waals surface area (Å²) in [6.07, 6.45) is 1.61. The van der Waals surface area contributed by atoms with Crippen molar-refractivity contribution < 1.29 is 4.52 Å². The van der Waals surface area contributed by atoms with Gasteiger partial charge in [0.25, 0.3) is 0 Å². The molecular formula is C11H16N4O. The third kappa shape index (κ3) is 1.99. The molecule has 2 aromatic heterocycles. The van der Waals surface area contributed by atoms with E-state index in [0.717, 1.165) is 18.5 Å². The molecule has 0 aliphatic heterocycles. The Hall–Kier alpha value is -1.62. The van der Waals surface area contributed by atoms with Gasteiger partial charge in [-0.15, -0.1) is 0 Å². The average molecular weight is 220 g/mol. The largest absolute Gasteiger partial charge is 0.345 e. The van der Waals surface area contributed by atoms with E-state index in [0.29, 0.717) is 18.3 Å². The summed E-state index contributed by atoms with van der Waals surface area (Å²) in [7, 11) is 1.99. The van der Waals surface area contributed by atoms with E-state index in [9.17, 15) is 0 Å². The van der Waals surface area contributed by atoms with Crippen molar-refractivity contribution in [1.82, 2.24) is 14.7 Å². The highest BCUT2D eigenvalue weighted by molar-refractivity contribution is 5.50. The van der Waals surface area contributed by atoms with Gasteiger partial charge in [-0.1, -0.05) is 5.16 Å². The molecule has 0 fully saturated rings. The van der Waals surface area contributed by atoms with Gasteiger partial charge in [-0.2, -0.15) is 4.98 Å². The Balaban J connectivity index is 2.21. The van der Waals surface area contributed by atoms with Crippen LogP contribution in [-0.2, 0) is 13.5 Å². The van der Waals surface area contributed by atoms with E-state index in [1.54, 1.807) is 0 Å². The highest BCUT2D eigenvalue weighted by atomic mass is 16.5. The summed E-state index contributed by atoms with van der Waals surface area (Å²) < 4.78 is 7.19. The van der Waals surface area contributed by atoms with Crippen LogP contribution in [0.1, 0.15) is 18.0 Å². The smallest absolute Gasteiger partial charge is 0.227 e. The first kappa shape index (κ1) is 10.9. The van der Waals surface area contributed by atoms with Crippen molar-refractivity contribution in [3.63, 3.8) is 0 Å². The lowest BCUT2D eigenvalue weighted by atomic mass is 10.3. The first-order valence-corrected chi connectivity index (χ1v) is 5.37. The van der Waals surface area contributed by atoms with Crippen LogP contribution in [0.2, 0.25) is 0 Å². The fourth-order valence-electron chi connectivity index (χ4n) is 1.55. The first-order chi connectivity index (χ1) is 7.72. The van der Waals surface area contributed by atoms with Crippen molar-refractivity contribution >= 4 is 0 Å². The molecule has 86 valence electrons. The van der Waals surface area contributed by atoms with Gasteiger partial charge >= 0.3 is 0 Å². The number of rotatable bonds is 4. The zero-order valence-electron chi connectivity index (χ0n) is 9.60. The van der Waals surface area contributed by atoms with Gasteiger partial charge < -0.3 is 14.8 Å². The van der Waals surface area contributed by atoms with Crippen LogP contribution in [0.4, 0.5) is 0 Å². The van der Waals surface area contributed by atoms with Crippen molar-refractivity contribution in [2.45, 2.75) is 19.8 Å². The van der Waals surface area contributed by atoms with Crippen LogP contribution in [0, 0.1) is 6.92 Å². The maximum Gasteiger partial charge on any atom is 0.227 e. The SMILES string of the molecule is Cc1ccc(-c2noc(CCCN)n2)n1C. The van der Waals surface area contributed by atoms with Gasteiger partial charge in [-0.05, 0) is 32.0 Å². The molecule has 2 aromatic rings. The minimum Gasteiger partial charge on any atom is -0.345 e. The van der Waals surface area contributed by atoms with Gasteiger partial charge in [0.2, 0.25) is 11.7 Å². The van der Waals surface area contributed by atoms with E-state index in [4.69, 9.17) is 10.3 Å². The second kappa shape index (κ2) is 4.49. The van der Waals surface area contributed by atoms with E-state index < -0.39 is 0 Å². The molecule has 0 saturated heterocycles. The lowest BCUT2D eigenvalue weighted by molar-refractivity contribution is 0.376. The second-order valence-corrected chi connectivity index (χ2v) is 3.82.